The van der Waals surface area contributed by atoms with Crippen molar-refractivity contribution in [2.24, 2.45) is 40.4 Å². The summed E-state index contributed by atoms with van der Waals surface area (Å²) in [7, 11) is 0. The summed E-state index contributed by atoms with van der Waals surface area (Å²) in [6.45, 7) is 10.4. The molecule has 7 nitrogen and oxygen atoms in total. The normalized spacial score (nSPS) is 45.6. The van der Waals surface area contributed by atoms with Gasteiger partial charge >= 0.3 is 5.97 Å². The number of aryl methyl sites for hydroxylation is 1. The molecule has 2 N–H and O–H groups in total. The van der Waals surface area contributed by atoms with Gasteiger partial charge in [0.05, 0.1) is 29.4 Å². The lowest BCUT2D eigenvalue weighted by atomic mass is 9.43. The molecule has 6 aliphatic rings. The Morgan fingerprint density at radius 2 is 1.90 bits per heavy atom. The van der Waals surface area contributed by atoms with Crippen LogP contribution in [0.2, 0.25) is 0 Å². The summed E-state index contributed by atoms with van der Waals surface area (Å²) in [5.41, 5.74) is 1.98. The van der Waals surface area contributed by atoms with Gasteiger partial charge in [-0.1, -0.05) is 25.5 Å². The third-order valence-corrected chi connectivity index (χ3v) is 12.9. The van der Waals surface area contributed by atoms with Crippen LogP contribution in [0.4, 0.5) is 0 Å². The predicted octanol–water partition coefficient (Wildman–Crippen LogP) is 4.58. The van der Waals surface area contributed by atoms with Gasteiger partial charge in [-0.2, -0.15) is 0 Å². The van der Waals surface area contributed by atoms with Gasteiger partial charge in [0.2, 0.25) is 0 Å². The molecule has 0 unspecified atom stereocenters. The van der Waals surface area contributed by atoms with Crippen LogP contribution in [0.5, 0.6) is 0 Å². The smallest absolute Gasteiger partial charge is 0.336 e. The van der Waals surface area contributed by atoms with Crippen molar-refractivity contribution in [1.82, 2.24) is 4.98 Å². The third-order valence-electron chi connectivity index (χ3n) is 12.9. The van der Waals surface area contributed by atoms with Crippen LogP contribution in [0.1, 0.15) is 77.5 Å². The van der Waals surface area contributed by atoms with Crippen molar-refractivity contribution in [3.8, 4) is 0 Å². The fourth-order valence-electron chi connectivity index (χ4n) is 10.6. The van der Waals surface area contributed by atoms with E-state index in [0.717, 1.165) is 43.2 Å². The van der Waals surface area contributed by atoms with Crippen molar-refractivity contribution in [1.29, 1.82) is 0 Å². The number of aromatic nitrogens is 1. The fourth-order valence-corrected chi connectivity index (χ4v) is 10.6. The second-order valence-electron chi connectivity index (χ2n) is 14.4. The van der Waals surface area contributed by atoms with Crippen molar-refractivity contribution in [2.75, 3.05) is 6.61 Å². The molecule has 3 saturated carbocycles. The molecule has 1 saturated heterocycles. The Bertz CT molecular complexity index is 1370. The lowest BCUT2D eigenvalue weighted by Gasteiger charge is -2.58. The van der Waals surface area contributed by atoms with Crippen LogP contribution in [0, 0.1) is 47.3 Å². The zero-order valence-electron chi connectivity index (χ0n) is 24.9. The van der Waals surface area contributed by atoms with E-state index in [0.29, 0.717) is 41.0 Å². The van der Waals surface area contributed by atoms with Gasteiger partial charge in [-0.05, 0) is 106 Å². The summed E-state index contributed by atoms with van der Waals surface area (Å²) >= 11 is 0. The maximum atomic E-state index is 14.5. The Balaban J connectivity index is 1.18. The number of epoxide rings is 1. The van der Waals surface area contributed by atoms with E-state index in [9.17, 15) is 19.8 Å². The third kappa shape index (κ3) is 3.52. The van der Waals surface area contributed by atoms with E-state index in [4.69, 9.17) is 9.47 Å². The minimum absolute atomic E-state index is 0.0685. The van der Waals surface area contributed by atoms with Crippen molar-refractivity contribution < 1.29 is 29.3 Å². The number of allylic oxidation sites excluding steroid dienone is 1. The lowest BCUT2D eigenvalue weighted by molar-refractivity contribution is -0.155. The van der Waals surface area contributed by atoms with Crippen LogP contribution in [0.3, 0.4) is 0 Å². The number of hydrogen-bond acceptors (Lipinski definition) is 7. The van der Waals surface area contributed by atoms with Gasteiger partial charge in [0.25, 0.3) is 0 Å². The maximum absolute atomic E-state index is 14.5. The highest BCUT2D eigenvalue weighted by atomic mass is 16.6. The molecule has 1 spiro atoms. The van der Waals surface area contributed by atoms with E-state index in [1.807, 2.05) is 26.0 Å². The largest absolute Gasteiger partial charge is 0.458 e. The first-order valence-corrected chi connectivity index (χ1v) is 15.5. The van der Waals surface area contributed by atoms with E-state index < -0.39 is 17.1 Å². The Morgan fingerprint density at radius 3 is 2.59 bits per heavy atom. The molecule has 4 fully saturated rings. The summed E-state index contributed by atoms with van der Waals surface area (Å²) < 4.78 is 12.3. The maximum Gasteiger partial charge on any atom is 0.336 e. The zero-order valence-corrected chi connectivity index (χ0v) is 24.9. The molecule has 0 aromatic carbocycles. The van der Waals surface area contributed by atoms with Crippen molar-refractivity contribution in [2.45, 2.75) is 97.1 Å². The molecule has 11 atom stereocenters. The SMILES string of the molecule is CC1=C(CO)C(=O)O[C@@H]([C@@H](C)[C@H]2CC[C@H]3[C@@H]4C[C@H]5O[C@]56[C@@H](O)C=C(c5ccc(C)cn5)C(=O)[C@]6(C)[C@H]4CC[C@]23C)C1. The molecule has 1 aromatic rings. The molecular formula is C34H43NO6. The molecule has 0 radical (unpaired) electrons. The number of carbonyl (C=O) groups excluding carboxylic acids is 2. The topological polar surface area (TPSA) is 109 Å². The number of aliphatic hydroxyl groups is 2. The molecule has 0 bridgehead atoms. The van der Waals surface area contributed by atoms with Crippen molar-refractivity contribution in [3.05, 3.63) is 46.8 Å². The van der Waals surface area contributed by atoms with Crippen LogP contribution in [0.15, 0.2) is 35.6 Å². The van der Waals surface area contributed by atoms with Gasteiger partial charge in [-0.15, -0.1) is 0 Å². The van der Waals surface area contributed by atoms with E-state index >= 15 is 0 Å². The summed E-state index contributed by atoms with van der Waals surface area (Å²) in [5.74, 6) is 1.24. The van der Waals surface area contributed by atoms with Gasteiger partial charge in [-0.3, -0.25) is 9.78 Å². The van der Waals surface area contributed by atoms with Crippen molar-refractivity contribution in [3.63, 3.8) is 0 Å². The number of fused-ring (bicyclic) bond motifs is 4. The van der Waals surface area contributed by atoms with Crippen molar-refractivity contribution >= 4 is 17.3 Å². The number of carbonyl (C=O) groups is 2. The first kappa shape index (κ1) is 27.5. The first-order valence-electron chi connectivity index (χ1n) is 15.5. The van der Waals surface area contributed by atoms with Gasteiger partial charge in [0, 0.05) is 18.2 Å². The van der Waals surface area contributed by atoms with E-state index in [-0.39, 0.29) is 47.8 Å². The van der Waals surface area contributed by atoms with Gasteiger partial charge in [0.15, 0.2) is 5.78 Å². The highest BCUT2D eigenvalue weighted by molar-refractivity contribution is 6.24. The Labute approximate surface area is 242 Å². The number of ketones is 1. The van der Waals surface area contributed by atoms with Gasteiger partial charge in [0.1, 0.15) is 17.8 Å². The van der Waals surface area contributed by atoms with Crippen LogP contribution in [0.25, 0.3) is 5.57 Å². The van der Waals surface area contributed by atoms with Crippen LogP contribution in [-0.2, 0) is 19.1 Å². The lowest BCUT2D eigenvalue weighted by Crippen LogP contribution is -2.64. The number of cyclic esters (lactones) is 1. The summed E-state index contributed by atoms with van der Waals surface area (Å²) in [6.07, 6.45) is 8.02. The van der Waals surface area contributed by atoms with Gasteiger partial charge in [-0.25, -0.2) is 4.79 Å². The fraction of sp³-hybridized carbons (Fsp3) is 0.676. The van der Waals surface area contributed by atoms with E-state index in [2.05, 4.69) is 25.8 Å². The van der Waals surface area contributed by atoms with E-state index in [1.54, 1.807) is 12.3 Å². The number of ether oxygens (including phenoxy) is 2. The number of rotatable bonds is 4. The zero-order chi connectivity index (χ0) is 29.1. The Kier molecular flexibility index (Phi) is 6.08. The number of aliphatic hydroxyl groups excluding tert-OH is 2. The predicted molar refractivity (Wildman–Crippen MR) is 152 cm³/mol. The molecule has 2 aliphatic heterocycles. The molecule has 7 rings (SSSR count). The van der Waals surface area contributed by atoms with Crippen LogP contribution < -0.4 is 0 Å². The highest BCUT2D eigenvalue weighted by Gasteiger charge is 2.81. The van der Waals surface area contributed by atoms with Crippen LogP contribution in [-0.4, -0.2) is 57.5 Å². The molecular weight excluding hydrogens is 518 g/mol. The molecule has 3 heterocycles. The molecule has 4 aliphatic carbocycles. The average Bonchev–Trinajstić information content (AvgIpc) is 3.58. The summed E-state index contributed by atoms with van der Waals surface area (Å²) in [6, 6.07) is 3.85. The average molecular weight is 562 g/mol. The second kappa shape index (κ2) is 9.08. The minimum Gasteiger partial charge on any atom is -0.458 e. The molecule has 220 valence electrons. The first-order chi connectivity index (χ1) is 19.5. The molecule has 1 aromatic heterocycles. The number of Topliss-reactive ketones (excluding diaryl/α,β-unsaturated/α-hetero) is 1. The summed E-state index contributed by atoms with van der Waals surface area (Å²) in [5, 5.41) is 21.1. The van der Waals surface area contributed by atoms with E-state index in [1.165, 1.54) is 0 Å². The number of esters is 1. The number of hydrogen-bond donors (Lipinski definition) is 2. The molecule has 7 heteroatoms. The molecule has 0 amide bonds. The van der Waals surface area contributed by atoms with Gasteiger partial charge < -0.3 is 19.7 Å². The Hall–Kier alpha value is -2.35. The number of pyridine rings is 1. The second-order valence-corrected chi connectivity index (χ2v) is 14.4. The quantitative estimate of drug-likeness (QED) is 0.409. The number of nitrogens with zero attached hydrogens (tertiary/aromatic N) is 1. The standard InChI is InChI=1S/C34H43NO6/c1-17-6-9-26(35-15-17)21-13-28(37)34-29(41-34)14-20-24-8-7-23(19(3)27-12-18(2)22(16-36)31(39)40-27)32(24,4)11-10-25(20)33(34,5)30(21)38/h6,9,13,15,19-20,23-25,27-29,36-37H,7-8,10-12,14,16H2,1-5H3/t19-,20-,23+,24-,25-,27+,28-,29+,32+,33-,34+/m0/s1. The van der Waals surface area contributed by atoms with Crippen LogP contribution >= 0.6 is 0 Å². The monoisotopic (exact) mass is 561 g/mol. The minimum atomic E-state index is -0.833. The molecule has 41 heavy (non-hydrogen) atoms. The highest BCUT2D eigenvalue weighted by Crippen LogP contribution is 2.73. The summed E-state index contributed by atoms with van der Waals surface area (Å²) in [4.78, 5) is 31.7. The Morgan fingerprint density at radius 1 is 1.12 bits per heavy atom.